The Morgan fingerprint density at radius 1 is 1.29 bits per heavy atom. The highest BCUT2D eigenvalue weighted by Crippen LogP contribution is 2.28. The third kappa shape index (κ3) is 2.92. The summed E-state index contributed by atoms with van der Waals surface area (Å²) in [6, 6.07) is -0.294. The number of carbonyl (C=O) groups is 2. The molecule has 2 rings (SSSR count). The molecule has 0 aromatic heterocycles. The maximum Gasteiger partial charge on any atom is 0.248 e. The SMILES string of the molecule is O=C1CCC(C(N=P)C(=O)N2CCCC2)CC1. The number of hydrogen-bond acceptors (Lipinski definition) is 3. The molecule has 94 valence electrons. The van der Waals surface area contributed by atoms with Crippen LogP contribution in [0, 0.1) is 5.92 Å². The van der Waals surface area contributed by atoms with Gasteiger partial charge in [-0.25, -0.2) is 0 Å². The summed E-state index contributed by atoms with van der Waals surface area (Å²) < 4.78 is 4.08. The molecule has 1 unspecified atom stereocenters. The van der Waals surface area contributed by atoms with Gasteiger partial charge in [-0.2, -0.15) is 0 Å². The fourth-order valence-corrected chi connectivity index (χ4v) is 3.09. The van der Waals surface area contributed by atoms with Crippen molar-refractivity contribution in [3.8, 4) is 0 Å². The predicted octanol–water partition coefficient (Wildman–Crippen LogP) is 2.06. The number of Topliss-reactive ketones (excluding diaryl/α,β-unsaturated/α-hetero) is 1. The van der Waals surface area contributed by atoms with E-state index in [0.717, 1.165) is 38.8 Å². The van der Waals surface area contributed by atoms with Crippen molar-refractivity contribution in [3.05, 3.63) is 0 Å². The van der Waals surface area contributed by atoms with Gasteiger partial charge in [0.1, 0.15) is 11.8 Å². The Balaban J connectivity index is 1.97. The van der Waals surface area contributed by atoms with Crippen LogP contribution in [0.3, 0.4) is 0 Å². The average molecular weight is 254 g/mol. The van der Waals surface area contributed by atoms with Crippen LogP contribution in [0.1, 0.15) is 38.5 Å². The van der Waals surface area contributed by atoms with Gasteiger partial charge < -0.3 is 4.90 Å². The lowest BCUT2D eigenvalue weighted by molar-refractivity contribution is -0.134. The van der Waals surface area contributed by atoms with E-state index in [-0.39, 0.29) is 17.9 Å². The van der Waals surface area contributed by atoms with Gasteiger partial charge in [0.15, 0.2) is 0 Å². The highest BCUT2D eigenvalue weighted by Gasteiger charge is 2.34. The summed E-state index contributed by atoms with van der Waals surface area (Å²) in [4.78, 5) is 25.4. The van der Waals surface area contributed by atoms with Gasteiger partial charge in [0.25, 0.3) is 0 Å². The molecule has 1 amide bonds. The highest BCUT2D eigenvalue weighted by molar-refractivity contribution is 7.04. The largest absolute Gasteiger partial charge is 0.341 e. The zero-order chi connectivity index (χ0) is 12.3. The lowest BCUT2D eigenvalue weighted by Crippen LogP contribution is -2.41. The lowest BCUT2D eigenvalue weighted by atomic mass is 9.83. The van der Waals surface area contributed by atoms with E-state index in [4.69, 9.17) is 0 Å². The molecule has 2 fully saturated rings. The molecule has 1 heterocycles. The third-order valence-corrected chi connectivity index (χ3v) is 4.12. The van der Waals surface area contributed by atoms with Crippen LogP contribution >= 0.6 is 9.03 Å². The van der Waals surface area contributed by atoms with Crippen molar-refractivity contribution >= 4 is 20.7 Å². The van der Waals surface area contributed by atoms with E-state index in [0.29, 0.717) is 18.6 Å². The molecule has 5 heteroatoms. The summed E-state index contributed by atoms with van der Waals surface area (Å²) in [5.41, 5.74) is 0. The Morgan fingerprint density at radius 3 is 2.41 bits per heavy atom. The zero-order valence-corrected chi connectivity index (χ0v) is 11.0. The minimum Gasteiger partial charge on any atom is -0.341 e. The first-order chi connectivity index (χ1) is 8.22. The number of likely N-dealkylation sites (tertiary alicyclic amines) is 1. The van der Waals surface area contributed by atoms with Crippen molar-refractivity contribution in [1.29, 1.82) is 0 Å². The first-order valence-electron chi connectivity index (χ1n) is 6.39. The van der Waals surface area contributed by atoms with Crippen LogP contribution in [-0.2, 0) is 9.59 Å². The van der Waals surface area contributed by atoms with E-state index in [1.165, 1.54) is 0 Å². The van der Waals surface area contributed by atoms with Gasteiger partial charge in [-0.15, -0.1) is 0 Å². The van der Waals surface area contributed by atoms with Crippen molar-refractivity contribution in [2.75, 3.05) is 13.1 Å². The molecule has 0 aromatic rings. The van der Waals surface area contributed by atoms with E-state index >= 15 is 0 Å². The average Bonchev–Trinajstić information content (AvgIpc) is 2.86. The smallest absolute Gasteiger partial charge is 0.248 e. The van der Waals surface area contributed by atoms with Gasteiger partial charge in [0.2, 0.25) is 5.91 Å². The molecule has 1 saturated carbocycles. The second kappa shape index (κ2) is 5.72. The summed E-state index contributed by atoms with van der Waals surface area (Å²) in [6.07, 6.45) is 5.02. The molecule has 0 aromatic carbocycles. The Morgan fingerprint density at radius 2 is 1.88 bits per heavy atom. The zero-order valence-electron chi connectivity index (χ0n) is 10.0. The highest BCUT2D eigenvalue weighted by atomic mass is 31.0. The second-order valence-electron chi connectivity index (χ2n) is 4.98. The number of rotatable bonds is 3. The standard InChI is InChI=1S/C12H19N2O2P/c15-10-5-3-9(4-6-10)11(13-17)12(16)14-7-1-2-8-14/h9,11,17H,1-8H2. The van der Waals surface area contributed by atoms with Gasteiger partial charge in [-0.3, -0.25) is 14.3 Å². The monoisotopic (exact) mass is 254 g/mol. The number of ketones is 1. The molecule has 1 aliphatic carbocycles. The summed E-state index contributed by atoms with van der Waals surface area (Å²) >= 11 is 0. The molecule has 1 atom stereocenters. The fourth-order valence-electron chi connectivity index (χ4n) is 2.76. The van der Waals surface area contributed by atoms with Crippen LogP contribution in [0.25, 0.3) is 0 Å². The van der Waals surface area contributed by atoms with Crippen LogP contribution in [0.5, 0.6) is 0 Å². The van der Waals surface area contributed by atoms with Crippen LogP contribution in [-0.4, -0.2) is 35.7 Å². The molecule has 1 aliphatic heterocycles. The Labute approximate surface area is 104 Å². The van der Waals surface area contributed by atoms with Crippen molar-refractivity contribution < 1.29 is 9.59 Å². The fraction of sp³-hybridized carbons (Fsp3) is 0.833. The van der Waals surface area contributed by atoms with Gasteiger partial charge in [0, 0.05) is 25.9 Å². The van der Waals surface area contributed by atoms with Crippen LogP contribution in [0.4, 0.5) is 0 Å². The normalized spacial score (nSPS) is 23.8. The first-order valence-corrected chi connectivity index (χ1v) is 6.84. The Kier molecular flexibility index (Phi) is 4.27. The molecular weight excluding hydrogens is 235 g/mol. The summed E-state index contributed by atoms with van der Waals surface area (Å²) in [7, 11) is 3.16. The van der Waals surface area contributed by atoms with Crippen LogP contribution in [0.15, 0.2) is 4.74 Å². The maximum absolute atomic E-state index is 12.3. The predicted molar refractivity (Wildman–Crippen MR) is 67.3 cm³/mol. The summed E-state index contributed by atoms with van der Waals surface area (Å²) in [5, 5.41) is 0. The van der Waals surface area contributed by atoms with Gasteiger partial charge in [0.05, 0.1) is 0 Å². The topological polar surface area (TPSA) is 49.7 Å². The number of carbonyl (C=O) groups excluding carboxylic acids is 2. The number of amides is 1. The molecule has 0 radical (unpaired) electrons. The second-order valence-corrected chi connectivity index (χ2v) is 5.24. The van der Waals surface area contributed by atoms with Crippen molar-refractivity contribution in [1.82, 2.24) is 4.90 Å². The van der Waals surface area contributed by atoms with E-state index in [1.807, 2.05) is 4.90 Å². The van der Waals surface area contributed by atoms with Gasteiger partial charge in [-0.05, 0) is 40.6 Å². The molecular formula is C12H19N2O2P. The molecule has 0 spiro atoms. The lowest BCUT2D eigenvalue weighted by Gasteiger charge is -2.28. The quantitative estimate of drug-likeness (QED) is 0.724. The van der Waals surface area contributed by atoms with E-state index in [9.17, 15) is 9.59 Å². The van der Waals surface area contributed by atoms with Crippen LogP contribution in [0.2, 0.25) is 0 Å². The number of hydrogen-bond donors (Lipinski definition) is 0. The van der Waals surface area contributed by atoms with Crippen molar-refractivity contribution in [3.63, 3.8) is 0 Å². The summed E-state index contributed by atoms with van der Waals surface area (Å²) in [6.45, 7) is 1.73. The Bertz CT molecular complexity index is 316. The summed E-state index contributed by atoms with van der Waals surface area (Å²) in [5.74, 6) is 0.692. The minimum absolute atomic E-state index is 0.136. The van der Waals surface area contributed by atoms with Crippen molar-refractivity contribution in [2.24, 2.45) is 10.7 Å². The van der Waals surface area contributed by atoms with E-state index in [1.54, 1.807) is 0 Å². The first kappa shape index (κ1) is 12.7. The maximum atomic E-state index is 12.3. The Hall–Kier alpha value is -0.760. The molecule has 4 nitrogen and oxygen atoms in total. The third-order valence-electron chi connectivity index (χ3n) is 3.84. The van der Waals surface area contributed by atoms with E-state index in [2.05, 4.69) is 13.8 Å². The van der Waals surface area contributed by atoms with E-state index < -0.39 is 0 Å². The minimum atomic E-state index is -0.294. The molecule has 17 heavy (non-hydrogen) atoms. The molecule has 0 bridgehead atoms. The van der Waals surface area contributed by atoms with Crippen molar-refractivity contribution in [2.45, 2.75) is 44.6 Å². The van der Waals surface area contributed by atoms with Gasteiger partial charge >= 0.3 is 0 Å². The number of nitrogens with zero attached hydrogens (tertiary/aromatic N) is 2. The van der Waals surface area contributed by atoms with Crippen LogP contribution < -0.4 is 0 Å². The molecule has 0 N–H and O–H groups in total. The molecule has 2 aliphatic rings. The van der Waals surface area contributed by atoms with Gasteiger partial charge in [-0.1, -0.05) is 0 Å². The molecule has 1 saturated heterocycles.